The van der Waals surface area contributed by atoms with Crippen molar-refractivity contribution in [2.75, 3.05) is 36.4 Å². The van der Waals surface area contributed by atoms with Crippen LogP contribution in [0, 0.1) is 0 Å². The van der Waals surface area contributed by atoms with Crippen molar-refractivity contribution in [2.24, 2.45) is 0 Å². The number of amides is 4. The molecule has 2 aromatic rings. The molecular formula is C23H26N4O4. The van der Waals surface area contributed by atoms with Gasteiger partial charge in [-0.3, -0.25) is 14.9 Å². The summed E-state index contributed by atoms with van der Waals surface area (Å²) in [7, 11) is 0. The third-order valence-electron chi connectivity index (χ3n) is 5.42. The zero-order chi connectivity index (χ0) is 21.6. The summed E-state index contributed by atoms with van der Waals surface area (Å²) >= 11 is 0. The number of imide groups is 1. The van der Waals surface area contributed by atoms with Crippen LogP contribution >= 0.6 is 0 Å². The molecule has 0 bridgehead atoms. The molecule has 2 aromatic carbocycles. The molecule has 2 aliphatic rings. The number of rotatable bonds is 4. The Balaban J connectivity index is 1.41. The maximum Gasteiger partial charge on any atom is 0.325 e. The van der Waals surface area contributed by atoms with E-state index in [9.17, 15) is 14.4 Å². The third-order valence-corrected chi connectivity index (χ3v) is 5.42. The molecular weight excluding hydrogens is 396 g/mol. The van der Waals surface area contributed by atoms with Gasteiger partial charge in [0.2, 0.25) is 5.91 Å². The van der Waals surface area contributed by atoms with Gasteiger partial charge in [0.1, 0.15) is 5.75 Å². The first-order chi connectivity index (χ1) is 15.1. The first-order valence-corrected chi connectivity index (χ1v) is 10.6. The van der Waals surface area contributed by atoms with Gasteiger partial charge in [0.05, 0.1) is 18.8 Å². The summed E-state index contributed by atoms with van der Waals surface area (Å²) in [5.74, 6) is 0.0429. The predicted octanol–water partition coefficient (Wildman–Crippen LogP) is 2.61. The van der Waals surface area contributed by atoms with E-state index in [2.05, 4.69) is 10.6 Å². The Morgan fingerprint density at radius 1 is 0.935 bits per heavy atom. The van der Waals surface area contributed by atoms with E-state index in [1.54, 1.807) is 35.2 Å². The van der Waals surface area contributed by atoms with E-state index in [0.29, 0.717) is 11.4 Å². The van der Waals surface area contributed by atoms with Crippen LogP contribution in [0.25, 0.3) is 0 Å². The lowest BCUT2D eigenvalue weighted by Crippen LogP contribution is -2.53. The molecule has 2 aliphatic heterocycles. The SMILES string of the molecule is O=C(CN1CC(C(=O)N2CCCCC2)Oc2ccccc21)NC(=O)Nc1ccccc1. The second-order valence-electron chi connectivity index (χ2n) is 7.71. The Morgan fingerprint density at radius 3 is 2.42 bits per heavy atom. The van der Waals surface area contributed by atoms with E-state index in [1.807, 2.05) is 29.2 Å². The van der Waals surface area contributed by atoms with Crippen LogP contribution in [0.2, 0.25) is 0 Å². The maximum atomic E-state index is 13.0. The summed E-state index contributed by atoms with van der Waals surface area (Å²) in [5, 5.41) is 4.97. The van der Waals surface area contributed by atoms with Crippen LogP contribution in [0.5, 0.6) is 5.75 Å². The van der Waals surface area contributed by atoms with Crippen LogP contribution in [0.4, 0.5) is 16.2 Å². The zero-order valence-electron chi connectivity index (χ0n) is 17.3. The Bertz CT molecular complexity index is 944. The van der Waals surface area contributed by atoms with Gasteiger partial charge >= 0.3 is 6.03 Å². The van der Waals surface area contributed by atoms with Gasteiger partial charge in [-0.1, -0.05) is 30.3 Å². The first kappa shape index (κ1) is 20.7. The molecule has 0 aromatic heterocycles. The summed E-state index contributed by atoms with van der Waals surface area (Å²) in [5.41, 5.74) is 1.32. The molecule has 1 saturated heterocycles. The molecule has 8 heteroatoms. The molecule has 162 valence electrons. The van der Waals surface area contributed by atoms with Gasteiger partial charge in [0.15, 0.2) is 6.10 Å². The van der Waals surface area contributed by atoms with E-state index in [0.717, 1.165) is 38.0 Å². The number of ether oxygens (including phenoxy) is 1. The Morgan fingerprint density at radius 2 is 1.65 bits per heavy atom. The van der Waals surface area contributed by atoms with Gasteiger partial charge in [-0.05, 0) is 43.5 Å². The van der Waals surface area contributed by atoms with Crippen LogP contribution in [-0.4, -0.2) is 55.0 Å². The van der Waals surface area contributed by atoms with Gasteiger partial charge in [-0.25, -0.2) is 4.79 Å². The average molecular weight is 422 g/mol. The highest BCUT2D eigenvalue weighted by molar-refractivity contribution is 6.02. The highest BCUT2D eigenvalue weighted by Gasteiger charge is 2.34. The molecule has 8 nitrogen and oxygen atoms in total. The highest BCUT2D eigenvalue weighted by atomic mass is 16.5. The van der Waals surface area contributed by atoms with Crippen molar-refractivity contribution in [1.82, 2.24) is 10.2 Å². The molecule has 0 saturated carbocycles. The minimum absolute atomic E-state index is 0.0542. The summed E-state index contributed by atoms with van der Waals surface area (Å²) in [6, 6.07) is 15.6. The van der Waals surface area contributed by atoms with Crippen LogP contribution in [0.1, 0.15) is 19.3 Å². The maximum absolute atomic E-state index is 13.0. The number of benzene rings is 2. The van der Waals surface area contributed by atoms with Crippen molar-refractivity contribution >= 4 is 29.2 Å². The standard InChI is InChI=1S/C23H26N4O4/c28-21(25-23(30)24-17-9-3-1-4-10-17)16-27-15-20(22(29)26-13-7-2-8-14-26)31-19-12-6-5-11-18(19)27/h1,3-6,9-12,20H,2,7-8,13-16H2,(H2,24,25,28,30). The quantitative estimate of drug-likeness (QED) is 0.791. The second-order valence-corrected chi connectivity index (χ2v) is 7.71. The van der Waals surface area contributed by atoms with Crippen molar-refractivity contribution in [3.63, 3.8) is 0 Å². The van der Waals surface area contributed by atoms with Gasteiger partial charge in [0.25, 0.3) is 5.91 Å². The lowest BCUT2D eigenvalue weighted by Gasteiger charge is -2.38. The number of hydrogen-bond donors (Lipinski definition) is 2. The third kappa shape index (κ3) is 5.14. The van der Waals surface area contributed by atoms with E-state index < -0.39 is 18.0 Å². The first-order valence-electron chi connectivity index (χ1n) is 10.6. The minimum atomic E-state index is -0.682. The van der Waals surface area contributed by atoms with E-state index in [4.69, 9.17) is 4.74 Å². The topological polar surface area (TPSA) is 91.0 Å². The largest absolute Gasteiger partial charge is 0.477 e. The molecule has 2 heterocycles. The van der Waals surface area contributed by atoms with Crippen molar-refractivity contribution in [3.05, 3.63) is 54.6 Å². The van der Waals surface area contributed by atoms with Crippen molar-refractivity contribution < 1.29 is 19.1 Å². The summed E-state index contributed by atoms with van der Waals surface area (Å²) in [4.78, 5) is 41.3. The molecule has 1 fully saturated rings. The minimum Gasteiger partial charge on any atom is -0.477 e. The van der Waals surface area contributed by atoms with Crippen molar-refractivity contribution in [2.45, 2.75) is 25.4 Å². The fourth-order valence-corrected chi connectivity index (χ4v) is 3.93. The van der Waals surface area contributed by atoms with Gasteiger partial charge < -0.3 is 19.9 Å². The Kier molecular flexibility index (Phi) is 6.35. The van der Waals surface area contributed by atoms with E-state index >= 15 is 0 Å². The number of nitrogens with one attached hydrogen (secondary N) is 2. The average Bonchev–Trinajstić information content (AvgIpc) is 2.79. The molecule has 31 heavy (non-hydrogen) atoms. The molecule has 1 atom stereocenters. The van der Waals surface area contributed by atoms with Crippen LogP contribution in [-0.2, 0) is 9.59 Å². The van der Waals surface area contributed by atoms with Crippen molar-refractivity contribution in [1.29, 1.82) is 0 Å². The summed E-state index contributed by atoms with van der Waals surface area (Å²) in [6.07, 6.45) is 2.45. The molecule has 0 spiro atoms. The number of carbonyl (C=O) groups is 3. The number of carbonyl (C=O) groups excluding carboxylic acids is 3. The normalized spacial score (nSPS) is 17.9. The second kappa shape index (κ2) is 9.51. The molecule has 4 rings (SSSR count). The lowest BCUT2D eigenvalue weighted by atomic mass is 10.1. The fraction of sp³-hybridized carbons (Fsp3) is 0.348. The van der Waals surface area contributed by atoms with Gasteiger partial charge in [-0.2, -0.15) is 0 Å². The van der Waals surface area contributed by atoms with E-state index in [1.165, 1.54) is 0 Å². The van der Waals surface area contributed by atoms with Gasteiger partial charge in [-0.15, -0.1) is 0 Å². The number of nitrogens with zero attached hydrogens (tertiary/aromatic N) is 2. The van der Waals surface area contributed by atoms with Crippen LogP contribution in [0.3, 0.4) is 0 Å². The molecule has 0 radical (unpaired) electrons. The lowest BCUT2D eigenvalue weighted by molar-refractivity contribution is -0.139. The number of urea groups is 1. The number of para-hydroxylation sites is 3. The number of anilines is 2. The number of piperidine rings is 1. The molecule has 1 unspecified atom stereocenters. The number of hydrogen-bond acceptors (Lipinski definition) is 5. The van der Waals surface area contributed by atoms with Gasteiger partial charge in [0, 0.05) is 18.8 Å². The predicted molar refractivity (Wildman–Crippen MR) is 117 cm³/mol. The monoisotopic (exact) mass is 422 g/mol. The smallest absolute Gasteiger partial charge is 0.325 e. The van der Waals surface area contributed by atoms with E-state index in [-0.39, 0.29) is 19.0 Å². The number of likely N-dealkylation sites (tertiary alicyclic amines) is 1. The number of fused-ring (bicyclic) bond motifs is 1. The molecule has 2 N–H and O–H groups in total. The van der Waals surface area contributed by atoms with Crippen molar-refractivity contribution in [3.8, 4) is 5.75 Å². The summed E-state index contributed by atoms with van der Waals surface area (Å²) < 4.78 is 5.97. The highest BCUT2D eigenvalue weighted by Crippen LogP contribution is 2.33. The molecule has 0 aliphatic carbocycles. The Labute approximate surface area is 181 Å². The summed E-state index contributed by atoms with van der Waals surface area (Å²) in [6.45, 7) is 1.66. The molecule has 4 amide bonds. The van der Waals surface area contributed by atoms with Crippen LogP contribution in [0.15, 0.2) is 54.6 Å². The Hall–Kier alpha value is -3.55. The fourth-order valence-electron chi connectivity index (χ4n) is 3.93. The van der Waals surface area contributed by atoms with Crippen LogP contribution < -0.4 is 20.3 Å². The zero-order valence-corrected chi connectivity index (χ0v) is 17.3.